The summed E-state index contributed by atoms with van der Waals surface area (Å²) in [5.74, 6) is -0.542. The first-order valence-corrected chi connectivity index (χ1v) is 6.84. The predicted molar refractivity (Wildman–Crippen MR) is 81.7 cm³/mol. The number of amides is 2. The lowest BCUT2D eigenvalue weighted by atomic mass is 10.2. The summed E-state index contributed by atoms with van der Waals surface area (Å²) in [4.78, 5) is 24.1. The number of rotatable bonds is 6. The van der Waals surface area contributed by atoms with Crippen LogP contribution >= 0.6 is 12.2 Å². The molecule has 3 N–H and O–H groups in total. The molecule has 5 nitrogen and oxygen atoms in total. The van der Waals surface area contributed by atoms with Gasteiger partial charge >= 0.3 is 0 Å². The molecule has 1 aromatic carbocycles. The summed E-state index contributed by atoms with van der Waals surface area (Å²) < 4.78 is 0. The van der Waals surface area contributed by atoms with Crippen molar-refractivity contribution >= 4 is 29.1 Å². The van der Waals surface area contributed by atoms with E-state index in [0.717, 1.165) is 5.56 Å². The third-order valence-electron chi connectivity index (χ3n) is 2.70. The topological polar surface area (TPSA) is 75.4 Å². The van der Waals surface area contributed by atoms with Crippen LogP contribution in [0.3, 0.4) is 0 Å². The summed E-state index contributed by atoms with van der Waals surface area (Å²) in [5, 5.41) is 2.96. The molecule has 20 heavy (non-hydrogen) atoms. The largest absolute Gasteiger partial charge is 0.370 e. The van der Waals surface area contributed by atoms with E-state index in [-0.39, 0.29) is 12.3 Å². The maximum atomic E-state index is 11.4. The van der Waals surface area contributed by atoms with Gasteiger partial charge in [-0.05, 0) is 17.8 Å². The lowest BCUT2D eigenvalue weighted by Crippen LogP contribution is -2.43. The minimum Gasteiger partial charge on any atom is -0.370 e. The van der Waals surface area contributed by atoms with Gasteiger partial charge in [-0.25, -0.2) is 0 Å². The van der Waals surface area contributed by atoms with E-state index in [1.54, 1.807) is 11.8 Å². The van der Waals surface area contributed by atoms with Crippen LogP contribution in [-0.4, -0.2) is 28.4 Å². The van der Waals surface area contributed by atoms with Crippen molar-refractivity contribution in [3.05, 3.63) is 35.9 Å². The second kappa shape index (κ2) is 8.27. The quantitative estimate of drug-likeness (QED) is 0.772. The molecule has 0 heterocycles. The van der Waals surface area contributed by atoms with Gasteiger partial charge in [0.2, 0.25) is 11.8 Å². The predicted octanol–water partition coefficient (Wildman–Crippen LogP) is 1.18. The van der Waals surface area contributed by atoms with Crippen LogP contribution in [0.25, 0.3) is 0 Å². The van der Waals surface area contributed by atoms with Gasteiger partial charge in [-0.2, -0.15) is 0 Å². The number of carbonyl (C=O) groups excluding carboxylic acids is 2. The lowest BCUT2D eigenvalue weighted by molar-refractivity contribution is -0.119. The second-order valence-corrected chi connectivity index (χ2v) is 4.72. The smallest absolute Gasteiger partial charge is 0.225 e. The van der Waals surface area contributed by atoms with Gasteiger partial charge in [0.05, 0.1) is 0 Å². The Balaban J connectivity index is 2.71. The van der Waals surface area contributed by atoms with Crippen LogP contribution in [0.1, 0.15) is 25.3 Å². The van der Waals surface area contributed by atoms with Crippen LogP contribution in [0.4, 0.5) is 0 Å². The number of hydrogen-bond acceptors (Lipinski definition) is 3. The van der Waals surface area contributed by atoms with Crippen molar-refractivity contribution in [2.75, 3.05) is 6.54 Å². The van der Waals surface area contributed by atoms with Crippen LogP contribution in [0.15, 0.2) is 30.3 Å². The third-order valence-corrected chi connectivity index (χ3v) is 3.06. The van der Waals surface area contributed by atoms with E-state index in [4.69, 9.17) is 18.0 Å². The Morgan fingerprint density at radius 3 is 2.50 bits per heavy atom. The van der Waals surface area contributed by atoms with Gasteiger partial charge in [0.15, 0.2) is 5.11 Å². The highest BCUT2D eigenvalue weighted by molar-refractivity contribution is 7.80. The van der Waals surface area contributed by atoms with Crippen LogP contribution < -0.4 is 11.1 Å². The average molecular weight is 293 g/mol. The normalized spacial score (nSPS) is 9.85. The van der Waals surface area contributed by atoms with E-state index in [2.05, 4.69) is 5.32 Å². The van der Waals surface area contributed by atoms with Crippen molar-refractivity contribution in [3.8, 4) is 0 Å². The first-order valence-electron chi connectivity index (χ1n) is 6.44. The molecule has 0 spiro atoms. The molecule has 6 heteroatoms. The van der Waals surface area contributed by atoms with Crippen molar-refractivity contribution in [1.29, 1.82) is 0 Å². The van der Waals surface area contributed by atoms with E-state index >= 15 is 0 Å². The standard InChI is InChI=1S/C14H19N3O2S/c1-2-13(19)16-14(20)17(9-8-12(15)18)10-11-6-4-3-5-7-11/h3-7H,2,8-10H2,1H3,(H2,15,18)(H,16,19,20). The molecular weight excluding hydrogens is 274 g/mol. The molecule has 2 amide bonds. The average Bonchev–Trinajstić information content (AvgIpc) is 2.44. The molecule has 0 aliphatic rings. The summed E-state index contributed by atoms with van der Waals surface area (Å²) in [6.45, 7) is 2.66. The molecule has 0 fully saturated rings. The minimum absolute atomic E-state index is 0.146. The Morgan fingerprint density at radius 2 is 1.95 bits per heavy atom. The maximum absolute atomic E-state index is 11.4. The van der Waals surface area contributed by atoms with Gasteiger partial charge in [-0.1, -0.05) is 37.3 Å². The van der Waals surface area contributed by atoms with Gasteiger partial charge in [-0.3, -0.25) is 9.59 Å². The van der Waals surface area contributed by atoms with Gasteiger partial charge < -0.3 is 16.0 Å². The second-order valence-electron chi connectivity index (χ2n) is 4.33. The van der Waals surface area contributed by atoms with Crippen LogP contribution in [0, 0.1) is 0 Å². The number of nitrogens with two attached hydrogens (primary N) is 1. The monoisotopic (exact) mass is 293 g/mol. The van der Waals surface area contributed by atoms with E-state index < -0.39 is 5.91 Å². The Hall–Kier alpha value is -1.95. The van der Waals surface area contributed by atoms with Gasteiger partial charge in [0.1, 0.15) is 0 Å². The number of thiocarbonyl (C=S) groups is 1. The van der Waals surface area contributed by atoms with Gasteiger partial charge in [0, 0.05) is 25.9 Å². The molecule has 0 aliphatic heterocycles. The molecular formula is C14H19N3O2S. The van der Waals surface area contributed by atoms with Crippen molar-refractivity contribution < 1.29 is 9.59 Å². The fraction of sp³-hybridized carbons (Fsp3) is 0.357. The maximum Gasteiger partial charge on any atom is 0.225 e. The number of nitrogens with zero attached hydrogens (tertiary/aromatic N) is 1. The van der Waals surface area contributed by atoms with E-state index in [9.17, 15) is 9.59 Å². The van der Waals surface area contributed by atoms with E-state index in [0.29, 0.717) is 24.6 Å². The molecule has 108 valence electrons. The highest BCUT2D eigenvalue weighted by Gasteiger charge is 2.13. The van der Waals surface area contributed by atoms with E-state index in [1.165, 1.54) is 0 Å². The SMILES string of the molecule is CCC(=O)NC(=S)N(CCC(N)=O)Cc1ccccc1. The Morgan fingerprint density at radius 1 is 1.30 bits per heavy atom. The van der Waals surface area contributed by atoms with Crippen molar-refractivity contribution in [1.82, 2.24) is 10.2 Å². The number of benzene rings is 1. The molecule has 0 atom stereocenters. The van der Waals surface area contributed by atoms with E-state index in [1.807, 2.05) is 30.3 Å². The number of nitrogens with one attached hydrogen (secondary N) is 1. The number of primary amides is 1. The first kappa shape index (κ1) is 16.1. The van der Waals surface area contributed by atoms with Crippen molar-refractivity contribution in [2.24, 2.45) is 5.73 Å². The fourth-order valence-corrected chi connectivity index (χ4v) is 1.86. The zero-order valence-corrected chi connectivity index (χ0v) is 12.3. The fourth-order valence-electron chi connectivity index (χ4n) is 1.59. The van der Waals surface area contributed by atoms with Crippen molar-refractivity contribution in [3.63, 3.8) is 0 Å². The molecule has 1 rings (SSSR count). The summed E-state index contributed by atoms with van der Waals surface area (Å²) in [6, 6.07) is 9.70. The molecule has 0 aliphatic carbocycles. The Kier molecular flexibility index (Phi) is 6.66. The molecule has 0 aromatic heterocycles. The first-order chi connectivity index (χ1) is 9.52. The van der Waals surface area contributed by atoms with Gasteiger partial charge in [-0.15, -0.1) is 0 Å². The van der Waals surface area contributed by atoms with Crippen LogP contribution in [0.2, 0.25) is 0 Å². The number of hydrogen-bond donors (Lipinski definition) is 2. The molecule has 0 unspecified atom stereocenters. The zero-order valence-electron chi connectivity index (χ0n) is 11.5. The summed E-state index contributed by atoms with van der Waals surface area (Å²) >= 11 is 5.21. The van der Waals surface area contributed by atoms with Crippen molar-refractivity contribution in [2.45, 2.75) is 26.3 Å². The zero-order chi connectivity index (χ0) is 15.0. The lowest BCUT2D eigenvalue weighted by Gasteiger charge is -2.25. The Labute approximate surface area is 124 Å². The third kappa shape index (κ3) is 5.79. The van der Waals surface area contributed by atoms with Crippen LogP contribution in [-0.2, 0) is 16.1 Å². The molecule has 0 saturated heterocycles. The summed E-state index contributed by atoms with van der Waals surface area (Å²) in [6.07, 6.45) is 0.546. The number of carbonyl (C=O) groups is 2. The Bertz CT molecular complexity index is 477. The van der Waals surface area contributed by atoms with Gasteiger partial charge in [0.25, 0.3) is 0 Å². The summed E-state index contributed by atoms with van der Waals surface area (Å²) in [5.41, 5.74) is 6.21. The molecule has 0 radical (unpaired) electrons. The summed E-state index contributed by atoms with van der Waals surface area (Å²) in [7, 11) is 0. The molecule has 0 saturated carbocycles. The molecule has 0 bridgehead atoms. The highest BCUT2D eigenvalue weighted by atomic mass is 32.1. The highest BCUT2D eigenvalue weighted by Crippen LogP contribution is 2.06. The molecule has 1 aromatic rings. The van der Waals surface area contributed by atoms with Crippen LogP contribution in [0.5, 0.6) is 0 Å². The minimum atomic E-state index is -0.396.